The number of hydrogen-bond acceptors (Lipinski definition) is 4. The maximum atomic E-state index is 14.8. The third kappa shape index (κ3) is 5.01. The molecule has 5 aromatic carbocycles. The summed E-state index contributed by atoms with van der Waals surface area (Å²) in [6, 6.07) is 46.1. The highest BCUT2D eigenvalue weighted by Gasteiger charge is 2.59. The molecule has 0 bridgehead atoms. The van der Waals surface area contributed by atoms with E-state index in [0.29, 0.717) is 0 Å². The first-order valence-electron chi connectivity index (χ1n) is 17.9. The number of allylic oxidation sites excluding steroid dienone is 4. The van der Waals surface area contributed by atoms with Crippen LogP contribution in [0, 0.1) is 23.7 Å². The zero-order valence-corrected chi connectivity index (χ0v) is 28.3. The van der Waals surface area contributed by atoms with Crippen LogP contribution in [-0.2, 0) is 19.2 Å². The lowest BCUT2D eigenvalue weighted by Gasteiger charge is -2.32. The summed E-state index contributed by atoms with van der Waals surface area (Å²) in [5, 5.41) is 0. The van der Waals surface area contributed by atoms with Gasteiger partial charge in [0.25, 0.3) is 0 Å². The maximum Gasteiger partial charge on any atom is 0.238 e. The topological polar surface area (TPSA) is 74.8 Å². The molecule has 4 amide bonds. The average Bonchev–Trinajstić information content (AvgIpc) is 3.63. The fourth-order valence-corrected chi connectivity index (χ4v) is 9.19. The highest BCUT2D eigenvalue weighted by molar-refractivity contribution is 6.28. The van der Waals surface area contributed by atoms with Crippen LogP contribution in [0.1, 0.15) is 45.9 Å². The van der Waals surface area contributed by atoms with Gasteiger partial charge in [0.1, 0.15) is 0 Å². The standard InChI is InChI=1S/C46H36N2O4/c49-43-39-33(29-15-5-1-6-16-29)25-26-34(30-17-7-2-8-18-30)40(39)44(50)47(43)37-23-13-14-24-38(37)48-45(51)41-35(31-19-9-3-10-20-31)27-28-36(42(41)46(48)52)32-21-11-4-12-22-32/h1-28,33-36,39-42H/t33-,34-,35-,36+,39+,40+,41+,42-/m0/s1. The van der Waals surface area contributed by atoms with Crippen molar-refractivity contribution in [1.82, 2.24) is 0 Å². The molecule has 0 spiro atoms. The van der Waals surface area contributed by atoms with E-state index in [1.807, 2.05) is 121 Å². The molecule has 52 heavy (non-hydrogen) atoms. The normalized spacial score (nSPS) is 27.9. The number of fused-ring (bicyclic) bond motifs is 2. The summed E-state index contributed by atoms with van der Waals surface area (Å²) in [7, 11) is 0. The first kappa shape index (κ1) is 31.8. The number of para-hydroxylation sites is 2. The van der Waals surface area contributed by atoms with Crippen LogP contribution in [0.2, 0.25) is 0 Å². The van der Waals surface area contributed by atoms with Crippen LogP contribution in [0.4, 0.5) is 11.4 Å². The maximum absolute atomic E-state index is 14.8. The van der Waals surface area contributed by atoms with Gasteiger partial charge in [-0.1, -0.05) is 158 Å². The summed E-state index contributed by atoms with van der Waals surface area (Å²) in [5.74, 6) is -5.26. The van der Waals surface area contributed by atoms with Crippen molar-refractivity contribution in [2.24, 2.45) is 23.7 Å². The van der Waals surface area contributed by atoms with E-state index in [0.717, 1.165) is 22.3 Å². The predicted molar refractivity (Wildman–Crippen MR) is 200 cm³/mol. The Balaban J connectivity index is 1.15. The molecule has 2 heterocycles. The number of imide groups is 2. The highest BCUT2D eigenvalue weighted by atomic mass is 16.2. The van der Waals surface area contributed by atoms with Gasteiger partial charge in [0.2, 0.25) is 23.6 Å². The first-order valence-corrected chi connectivity index (χ1v) is 17.9. The number of benzene rings is 5. The number of amides is 4. The van der Waals surface area contributed by atoms with Crippen LogP contribution in [0.15, 0.2) is 170 Å². The van der Waals surface area contributed by atoms with Crippen molar-refractivity contribution in [3.05, 3.63) is 192 Å². The van der Waals surface area contributed by atoms with E-state index < -0.39 is 23.7 Å². The number of rotatable bonds is 6. The fraction of sp³-hybridized carbons (Fsp3) is 0.174. The number of nitrogens with zero attached hydrogens (tertiary/aromatic N) is 2. The van der Waals surface area contributed by atoms with Gasteiger partial charge in [-0.2, -0.15) is 0 Å². The molecule has 8 atom stereocenters. The molecule has 0 radical (unpaired) electrons. The van der Waals surface area contributed by atoms with Gasteiger partial charge in [-0.25, -0.2) is 9.80 Å². The molecule has 2 saturated heterocycles. The summed E-state index contributed by atoms with van der Waals surface area (Å²) >= 11 is 0. The van der Waals surface area contributed by atoms with Crippen LogP contribution in [0.3, 0.4) is 0 Å². The largest absolute Gasteiger partial charge is 0.274 e. The average molecular weight is 681 g/mol. The summed E-state index contributed by atoms with van der Waals surface area (Å²) in [5.41, 5.74) is 4.33. The Morgan fingerprint density at radius 2 is 0.500 bits per heavy atom. The van der Waals surface area contributed by atoms with Crippen molar-refractivity contribution in [3.63, 3.8) is 0 Å². The summed E-state index contributed by atoms with van der Waals surface area (Å²) in [6.07, 6.45) is 8.25. The van der Waals surface area contributed by atoms with Crippen molar-refractivity contribution in [2.45, 2.75) is 23.7 Å². The predicted octanol–water partition coefficient (Wildman–Crippen LogP) is 8.17. The molecule has 254 valence electrons. The van der Waals surface area contributed by atoms with Gasteiger partial charge < -0.3 is 0 Å². The van der Waals surface area contributed by atoms with E-state index in [4.69, 9.17) is 0 Å². The Kier molecular flexibility index (Phi) is 7.88. The number of carbonyl (C=O) groups excluding carboxylic acids is 4. The fourth-order valence-electron chi connectivity index (χ4n) is 9.19. The first-order chi connectivity index (χ1) is 25.5. The highest BCUT2D eigenvalue weighted by Crippen LogP contribution is 2.54. The second-order valence-corrected chi connectivity index (χ2v) is 14.1. The Bertz CT molecular complexity index is 1940. The number of anilines is 2. The molecule has 6 nitrogen and oxygen atoms in total. The minimum absolute atomic E-state index is 0.256. The van der Waals surface area contributed by atoms with Crippen molar-refractivity contribution >= 4 is 35.0 Å². The monoisotopic (exact) mass is 680 g/mol. The van der Waals surface area contributed by atoms with Gasteiger partial charge in [-0.15, -0.1) is 0 Å². The minimum atomic E-state index is -0.667. The zero-order chi connectivity index (χ0) is 35.3. The van der Waals surface area contributed by atoms with Crippen LogP contribution in [0.25, 0.3) is 0 Å². The second-order valence-electron chi connectivity index (χ2n) is 14.1. The lowest BCUT2D eigenvalue weighted by Crippen LogP contribution is -2.37. The van der Waals surface area contributed by atoms with Crippen molar-refractivity contribution < 1.29 is 19.2 Å². The van der Waals surface area contributed by atoms with Gasteiger partial charge in [0, 0.05) is 23.7 Å². The van der Waals surface area contributed by atoms with Gasteiger partial charge in [0.05, 0.1) is 35.0 Å². The Morgan fingerprint density at radius 1 is 0.288 bits per heavy atom. The molecule has 5 aromatic rings. The van der Waals surface area contributed by atoms with Crippen molar-refractivity contribution in [1.29, 1.82) is 0 Å². The van der Waals surface area contributed by atoms with Crippen molar-refractivity contribution in [2.75, 3.05) is 9.80 Å². The van der Waals surface area contributed by atoms with Crippen LogP contribution < -0.4 is 9.80 Å². The molecule has 0 unspecified atom stereocenters. The molecule has 6 heteroatoms. The van der Waals surface area contributed by atoms with Crippen LogP contribution in [0.5, 0.6) is 0 Å². The molecule has 2 aliphatic heterocycles. The molecular formula is C46H36N2O4. The molecule has 2 aliphatic carbocycles. The second kappa shape index (κ2) is 12.9. The number of carbonyl (C=O) groups is 4. The quantitative estimate of drug-likeness (QED) is 0.134. The summed E-state index contributed by atoms with van der Waals surface area (Å²) in [6.45, 7) is 0. The van der Waals surface area contributed by atoms with Crippen LogP contribution in [-0.4, -0.2) is 23.6 Å². The summed E-state index contributed by atoms with van der Waals surface area (Å²) in [4.78, 5) is 61.9. The molecule has 9 rings (SSSR count). The van der Waals surface area contributed by atoms with E-state index in [-0.39, 0.29) is 58.7 Å². The van der Waals surface area contributed by atoms with Gasteiger partial charge in [-0.05, 0) is 34.4 Å². The van der Waals surface area contributed by atoms with E-state index in [1.54, 1.807) is 24.3 Å². The smallest absolute Gasteiger partial charge is 0.238 e. The Labute approximate surface area is 302 Å². The SMILES string of the molecule is O=C1[C@@H]2[C@H](C(=O)N1c1ccccc1N1C(=O)[C@H]3[C@H](C1=O)[C@H](c1ccccc1)C=C[C@H]3c1ccccc1)[C@H](c1ccccc1)C=C[C@@H]2c1ccccc1. The molecule has 0 aromatic heterocycles. The van der Waals surface area contributed by atoms with E-state index in [9.17, 15) is 19.2 Å². The van der Waals surface area contributed by atoms with Gasteiger partial charge in [0.15, 0.2) is 0 Å². The number of hydrogen-bond donors (Lipinski definition) is 0. The van der Waals surface area contributed by atoms with E-state index >= 15 is 0 Å². The molecule has 0 saturated carbocycles. The van der Waals surface area contributed by atoms with Crippen molar-refractivity contribution in [3.8, 4) is 0 Å². The van der Waals surface area contributed by atoms with Crippen LogP contribution >= 0.6 is 0 Å². The Morgan fingerprint density at radius 3 is 0.731 bits per heavy atom. The van der Waals surface area contributed by atoms with Gasteiger partial charge >= 0.3 is 0 Å². The molecular weight excluding hydrogens is 645 g/mol. The van der Waals surface area contributed by atoms with Gasteiger partial charge in [-0.3, -0.25) is 19.2 Å². The zero-order valence-electron chi connectivity index (χ0n) is 28.3. The molecule has 4 aliphatic rings. The molecule has 2 fully saturated rings. The minimum Gasteiger partial charge on any atom is -0.274 e. The third-order valence-corrected chi connectivity index (χ3v) is 11.5. The third-order valence-electron chi connectivity index (χ3n) is 11.5. The van der Waals surface area contributed by atoms with E-state index in [2.05, 4.69) is 24.3 Å². The molecule has 0 N–H and O–H groups in total. The lowest BCUT2D eigenvalue weighted by atomic mass is 9.68. The van der Waals surface area contributed by atoms with E-state index in [1.165, 1.54) is 9.80 Å². The summed E-state index contributed by atoms with van der Waals surface area (Å²) < 4.78 is 0. The Hall–Kier alpha value is -6.14. The lowest BCUT2D eigenvalue weighted by molar-refractivity contribution is -0.124.